The SMILES string of the molecule is O=c1c(OCCC2CCNCC2)c(-c2ccc(F)c(F)c2)oc2cc(O)cc(O)c12. The van der Waals surface area contributed by atoms with Gasteiger partial charge in [0.1, 0.15) is 22.5 Å². The van der Waals surface area contributed by atoms with Crippen LogP contribution in [0.4, 0.5) is 8.78 Å². The van der Waals surface area contributed by atoms with Crippen molar-refractivity contribution in [2.75, 3.05) is 19.7 Å². The van der Waals surface area contributed by atoms with Gasteiger partial charge >= 0.3 is 0 Å². The molecule has 0 amide bonds. The topological polar surface area (TPSA) is 91.9 Å². The fraction of sp³-hybridized carbons (Fsp3) is 0.318. The van der Waals surface area contributed by atoms with E-state index in [0.29, 0.717) is 5.92 Å². The van der Waals surface area contributed by atoms with E-state index in [1.807, 2.05) is 0 Å². The quantitative estimate of drug-likeness (QED) is 0.583. The molecule has 0 radical (unpaired) electrons. The molecule has 3 aromatic rings. The van der Waals surface area contributed by atoms with E-state index in [2.05, 4.69) is 5.32 Å². The molecule has 1 aliphatic heterocycles. The lowest BCUT2D eigenvalue weighted by atomic mass is 9.95. The van der Waals surface area contributed by atoms with Crippen molar-refractivity contribution in [1.29, 1.82) is 0 Å². The van der Waals surface area contributed by atoms with Crippen LogP contribution in [-0.4, -0.2) is 29.9 Å². The molecule has 1 saturated heterocycles. The number of benzene rings is 2. The number of fused-ring (bicyclic) bond motifs is 1. The van der Waals surface area contributed by atoms with E-state index >= 15 is 0 Å². The van der Waals surface area contributed by atoms with Gasteiger partial charge in [-0.05, 0) is 56.5 Å². The monoisotopic (exact) mass is 417 g/mol. The molecule has 0 bridgehead atoms. The molecule has 1 aliphatic rings. The molecule has 0 spiro atoms. The summed E-state index contributed by atoms with van der Waals surface area (Å²) in [6, 6.07) is 5.29. The molecule has 2 aromatic carbocycles. The van der Waals surface area contributed by atoms with Crippen LogP contribution in [0.25, 0.3) is 22.3 Å². The first kappa shape index (κ1) is 20.2. The van der Waals surface area contributed by atoms with Crippen molar-refractivity contribution in [3.63, 3.8) is 0 Å². The molecule has 3 N–H and O–H groups in total. The van der Waals surface area contributed by atoms with Crippen LogP contribution >= 0.6 is 0 Å². The van der Waals surface area contributed by atoms with Crippen LogP contribution in [0.15, 0.2) is 39.5 Å². The number of phenolic OH excluding ortho intramolecular Hbond substituents is 2. The Kier molecular flexibility index (Phi) is 5.59. The molecule has 8 heteroatoms. The Morgan fingerprint density at radius 3 is 2.60 bits per heavy atom. The summed E-state index contributed by atoms with van der Waals surface area (Å²) in [7, 11) is 0. The first-order chi connectivity index (χ1) is 14.4. The summed E-state index contributed by atoms with van der Waals surface area (Å²) in [6.07, 6.45) is 2.73. The molecular formula is C22H21F2NO5. The van der Waals surface area contributed by atoms with Gasteiger partial charge in [-0.3, -0.25) is 4.79 Å². The van der Waals surface area contributed by atoms with E-state index in [1.54, 1.807) is 0 Å². The number of hydrogen-bond acceptors (Lipinski definition) is 6. The minimum Gasteiger partial charge on any atom is -0.508 e. The number of nitrogens with one attached hydrogen (secondary N) is 1. The number of hydrogen-bond donors (Lipinski definition) is 3. The summed E-state index contributed by atoms with van der Waals surface area (Å²) < 4.78 is 38.7. The molecule has 0 unspecified atom stereocenters. The van der Waals surface area contributed by atoms with Crippen LogP contribution in [0.1, 0.15) is 19.3 Å². The van der Waals surface area contributed by atoms with Crippen molar-refractivity contribution in [2.24, 2.45) is 5.92 Å². The lowest BCUT2D eigenvalue weighted by Gasteiger charge is -2.22. The van der Waals surface area contributed by atoms with Gasteiger partial charge < -0.3 is 24.7 Å². The zero-order valence-electron chi connectivity index (χ0n) is 16.1. The van der Waals surface area contributed by atoms with E-state index in [0.717, 1.165) is 50.6 Å². The average molecular weight is 417 g/mol. The molecule has 1 aromatic heterocycles. The second-order valence-electron chi connectivity index (χ2n) is 7.39. The first-order valence-corrected chi connectivity index (χ1v) is 9.75. The Labute approximate surface area is 170 Å². The van der Waals surface area contributed by atoms with Crippen LogP contribution in [0.5, 0.6) is 17.2 Å². The minimum absolute atomic E-state index is 0.0945. The molecular weight excluding hydrogens is 396 g/mol. The fourth-order valence-electron chi connectivity index (χ4n) is 3.72. The summed E-state index contributed by atoms with van der Waals surface area (Å²) in [6.45, 7) is 2.09. The fourth-order valence-corrected chi connectivity index (χ4v) is 3.72. The van der Waals surface area contributed by atoms with Crippen molar-refractivity contribution in [3.8, 4) is 28.6 Å². The molecule has 2 heterocycles. The smallest absolute Gasteiger partial charge is 0.239 e. The second kappa shape index (κ2) is 8.31. The molecule has 1 fully saturated rings. The van der Waals surface area contributed by atoms with Gasteiger partial charge in [0.25, 0.3) is 0 Å². The van der Waals surface area contributed by atoms with E-state index in [4.69, 9.17) is 9.15 Å². The van der Waals surface area contributed by atoms with Crippen LogP contribution < -0.4 is 15.5 Å². The molecule has 158 valence electrons. The predicted molar refractivity (Wildman–Crippen MR) is 107 cm³/mol. The Morgan fingerprint density at radius 1 is 1.10 bits per heavy atom. The van der Waals surface area contributed by atoms with E-state index < -0.39 is 22.8 Å². The third-order valence-electron chi connectivity index (χ3n) is 5.33. The highest BCUT2D eigenvalue weighted by Crippen LogP contribution is 2.36. The van der Waals surface area contributed by atoms with Crippen LogP contribution in [-0.2, 0) is 0 Å². The average Bonchev–Trinajstić information content (AvgIpc) is 2.71. The number of halogens is 2. The third kappa shape index (κ3) is 3.95. The highest BCUT2D eigenvalue weighted by molar-refractivity contribution is 5.88. The van der Waals surface area contributed by atoms with Crippen LogP contribution in [0.2, 0.25) is 0 Å². The van der Waals surface area contributed by atoms with Crippen molar-refractivity contribution in [1.82, 2.24) is 5.32 Å². The summed E-state index contributed by atoms with van der Waals surface area (Å²) in [5, 5.41) is 23.0. The van der Waals surface area contributed by atoms with Gasteiger partial charge in [-0.2, -0.15) is 0 Å². The number of ether oxygens (including phenoxy) is 1. The first-order valence-electron chi connectivity index (χ1n) is 9.75. The Bertz CT molecular complexity index is 1140. The zero-order valence-corrected chi connectivity index (χ0v) is 16.1. The van der Waals surface area contributed by atoms with Crippen molar-refractivity contribution >= 4 is 11.0 Å². The highest BCUT2D eigenvalue weighted by Gasteiger charge is 2.22. The molecule has 4 rings (SSSR count). The molecule has 30 heavy (non-hydrogen) atoms. The van der Waals surface area contributed by atoms with Crippen molar-refractivity contribution < 1.29 is 28.1 Å². The third-order valence-corrected chi connectivity index (χ3v) is 5.33. The number of phenols is 2. The molecule has 0 atom stereocenters. The van der Waals surface area contributed by atoms with Gasteiger partial charge in [0.2, 0.25) is 11.2 Å². The summed E-state index contributed by atoms with van der Waals surface area (Å²) >= 11 is 0. The standard InChI is InChI=1S/C22H21F2NO5/c23-15-2-1-13(9-16(15)24)21-22(29-8-5-12-3-6-25-7-4-12)20(28)19-17(27)10-14(26)11-18(19)30-21/h1-2,9-12,25-27H,3-8H2. The van der Waals surface area contributed by atoms with Gasteiger partial charge in [0, 0.05) is 17.7 Å². The van der Waals surface area contributed by atoms with E-state index in [-0.39, 0.29) is 40.4 Å². The molecule has 0 saturated carbocycles. The minimum atomic E-state index is -1.10. The summed E-state index contributed by atoms with van der Waals surface area (Å²) in [4.78, 5) is 13.1. The second-order valence-corrected chi connectivity index (χ2v) is 7.39. The predicted octanol–water partition coefficient (Wildman–Crippen LogP) is 3.92. The molecule has 6 nitrogen and oxygen atoms in total. The summed E-state index contributed by atoms with van der Waals surface area (Å²) in [5.74, 6) is -2.74. The lowest BCUT2D eigenvalue weighted by molar-refractivity contribution is 0.248. The number of aromatic hydroxyl groups is 2. The lowest BCUT2D eigenvalue weighted by Crippen LogP contribution is -2.28. The van der Waals surface area contributed by atoms with Gasteiger partial charge in [-0.25, -0.2) is 8.78 Å². The number of piperidine rings is 1. The maximum Gasteiger partial charge on any atom is 0.239 e. The van der Waals surface area contributed by atoms with Crippen LogP contribution in [0.3, 0.4) is 0 Å². The van der Waals surface area contributed by atoms with Gasteiger partial charge in [0.05, 0.1) is 6.61 Å². The maximum atomic E-state index is 13.8. The van der Waals surface area contributed by atoms with Crippen molar-refractivity contribution in [3.05, 3.63) is 52.2 Å². The van der Waals surface area contributed by atoms with Gasteiger partial charge in [0.15, 0.2) is 17.4 Å². The maximum absolute atomic E-state index is 13.8. The Hall–Kier alpha value is -3.13. The molecule has 0 aliphatic carbocycles. The Balaban J connectivity index is 1.77. The van der Waals surface area contributed by atoms with Crippen molar-refractivity contribution in [2.45, 2.75) is 19.3 Å². The number of rotatable bonds is 5. The zero-order chi connectivity index (χ0) is 21.3. The van der Waals surface area contributed by atoms with Gasteiger partial charge in [-0.1, -0.05) is 0 Å². The largest absolute Gasteiger partial charge is 0.508 e. The summed E-state index contributed by atoms with van der Waals surface area (Å²) in [5.41, 5.74) is -0.644. The van der Waals surface area contributed by atoms with E-state index in [1.165, 1.54) is 12.1 Å². The highest BCUT2D eigenvalue weighted by atomic mass is 19.2. The van der Waals surface area contributed by atoms with Crippen LogP contribution in [0, 0.1) is 17.6 Å². The van der Waals surface area contributed by atoms with Gasteiger partial charge in [-0.15, -0.1) is 0 Å². The van der Waals surface area contributed by atoms with E-state index in [9.17, 15) is 23.8 Å². The normalized spacial score (nSPS) is 14.9. The Morgan fingerprint density at radius 2 is 1.87 bits per heavy atom.